The Morgan fingerprint density at radius 1 is 0.479 bits per heavy atom. The Morgan fingerprint density at radius 2 is 0.792 bits per heavy atom. The summed E-state index contributed by atoms with van der Waals surface area (Å²) in [7, 11) is -1.96. The van der Waals surface area contributed by atoms with Crippen LogP contribution in [0.1, 0.15) is 99.1 Å². The molecule has 4 aromatic rings. The summed E-state index contributed by atoms with van der Waals surface area (Å²) in [5, 5.41) is 3.78. The molecule has 48 heavy (non-hydrogen) atoms. The van der Waals surface area contributed by atoms with Crippen molar-refractivity contribution in [2.75, 3.05) is 0 Å². The molecule has 3 aliphatic rings. The maximum absolute atomic E-state index is 3.14. The van der Waals surface area contributed by atoms with Crippen molar-refractivity contribution in [3.8, 4) is 22.3 Å². The van der Waals surface area contributed by atoms with Crippen molar-refractivity contribution in [2.24, 2.45) is 0 Å². The van der Waals surface area contributed by atoms with Crippen LogP contribution in [-0.4, -0.2) is 8.07 Å². The molecule has 1 fully saturated rings. The fraction of sp³-hybridized carbons (Fsp3) is 0.391. The molecule has 2 aliphatic carbocycles. The molecule has 0 aromatic heterocycles. The topological polar surface area (TPSA) is 0 Å². The number of hydrogen-bond donors (Lipinski definition) is 0. The summed E-state index contributed by atoms with van der Waals surface area (Å²) in [5.41, 5.74) is 27.0. The van der Waals surface area contributed by atoms with Crippen molar-refractivity contribution < 1.29 is 20.0 Å². The van der Waals surface area contributed by atoms with Crippen LogP contribution in [0, 0.1) is 69.2 Å². The number of fused-ring (bicyclic) bond motifs is 6. The summed E-state index contributed by atoms with van der Waals surface area (Å²) in [6, 6.07) is 17.4. The van der Waals surface area contributed by atoms with E-state index in [1.165, 1.54) is 90.0 Å². The first-order valence-corrected chi connectivity index (χ1v) is 32.2. The van der Waals surface area contributed by atoms with E-state index in [0.29, 0.717) is 7.35 Å². The second-order valence-electron chi connectivity index (χ2n) is 16.3. The molecule has 2 atom stereocenters. The zero-order chi connectivity index (χ0) is 34.8. The molecular weight excluding hydrogens is 759 g/mol. The number of hydrogen-bond acceptors (Lipinski definition) is 0. The van der Waals surface area contributed by atoms with E-state index in [4.69, 9.17) is 0 Å². The van der Waals surface area contributed by atoms with Crippen LogP contribution in [0.15, 0.2) is 46.8 Å². The number of allylic oxidation sites excluding steroid dienone is 2. The summed E-state index contributed by atoms with van der Waals surface area (Å²) < 4.78 is 6.97. The minimum atomic E-state index is -3.14. The van der Waals surface area contributed by atoms with Gasteiger partial charge < -0.3 is 0 Å². The quantitative estimate of drug-likeness (QED) is 0.180. The van der Waals surface area contributed by atoms with E-state index < -0.39 is 28.0 Å². The first kappa shape index (κ1) is 33.9. The van der Waals surface area contributed by atoms with Crippen LogP contribution in [0.2, 0.25) is 21.4 Å². The monoisotopic (exact) mass is 816 g/mol. The molecule has 0 N–H and O–H groups in total. The molecule has 7 rings (SSSR count). The molecule has 1 heterocycles. The maximum atomic E-state index is 2.82. The predicted octanol–water partition coefficient (Wildman–Crippen LogP) is 13.5. The third-order valence-electron chi connectivity index (χ3n) is 14.5. The van der Waals surface area contributed by atoms with Crippen LogP contribution in [0.5, 0.6) is 0 Å². The van der Waals surface area contributed by atoms with Crippen molar-refractivity contribution in [2.45, 2.75) is 112 Å². The van der Waals surface area contributed by atoms with Crippen LogP contribution in [0.3, 0.4) is 0 Å². The van der Waals surface area contributed by atoms with E-state index in [0.717, 1.165) is 0 Å². The first-order valence-electron chi connectivity index (χ1n) is 18.5. The molecular formula is C46H56HfSi. The average Bonchev–Trinajstić information content (AvgIpc) is 3.68. The van der Waals surface area contributed by atoms with Gasteiger partial charge in [0.1, 0.15) is 0 Å². The molecule has 1 saturated heterocycles. The normalized spacial score (nSPS) is 19.8. The molecule has 0 amide bonds. The van der Waals surface area contributed by atoms with Gasteiger partial charge in [0.15, 0.2) is 0 Å². The Labute approximate surface area is 297 Å². The Hall–Kier alpha value is -2.55. The van der Waals surface area contributed by atoms with Crippen LogP contribution < -0.4 is 0 Å². The molecule has 1 aliphatic heterocycles. The molecule has 4 aromatic carbocycles. The minimum absolute atomic E-state index is 0.663. The molecule has 2 heteroatoms. The zero-order valence-corrected chi connectivity index (χ0v) is 36.8. The van der Waals surface area contributed by atoms with Crippen LogP contribution in [0.25, 0.3) is 34.4 Å². The van der Waals surface area contributed by atoms with E-state index in [-0.39, 0.29) is 0 Å². The fourth-order valence-corrected chi connectivity index (χ4v) is 42.8. The van der Waals surface area contributed by atoms with Crippen molar-refractivity contribution in [1.29, 1.82) is 0 Å². The molecule has 0 nitrogen and oxygen atoms in total. The number of benzene rings is 4. The van der Waals surface area contributed by atoms with Gasteiger partial charge in [-0.15, -0.1) is 0 Å². The molecule has 2 unspecified atom stereocenters. The summed E-state index contributed by atoms with van der Waals surface area (Å²) >= 11 is -3.14. The van der Waals surface area contributed by atoms with Gasteiger partial charge in [-0.1, -0.05) is 0 Å². The molecule has 0 radical (unpaired) electrons. The van der Waals surface area contributed by atoms with Crippen LogP contribution in [-0.2, 0) is 20.0 Å². The number of rotatable bonds is 4. The van der Waals surface area contributed by atoms with E-state index >= 15 is 0 Å². The van der Waals surface area contributed by atoms with Gasteiger partial charge in [0, 0.05) is 0 Å². The van der Waals surface area contributed by atoms with Crippen molar-refractivity contribution in [3.63, 3.8) is 0 Å². The summed E-state index contributed by atoms with van der Waals surface area (Å²) in [6.07, 6.45) is 5.59. The predicted molar refractivity (Wildman–Crippen MR) is 211 cm³/mol. The Bertz CT molecular complexity index is 1930. The molecule has 0 spiro atoms. The molecule has 0 saturated carbocycles. The third kappa shape index (κ3) is 4.27. The van der Waals surface area contributed by atoms with Gasteiger partial charge >= 0.3 is 299 Å². The van der Waals surface area contributed by atoms with E-state index in [9.17, 15) is 0 Å². The summed E-state index contributed by atoms with van der Waals surface area (Å²) in [6.45, 7) is 28.5. The zero-order valence-electron chi connectivity index (χ0n) is 32.2. The van der Waals surface area contributed by atoms with Gasteiger partial charge in [-0.05, 0) is 0 Å². The summed E-state index contributed by atoms with van der Waals surface area (Å²) in [4.78, 5) is 0. The second-order valence-corrected chi connectivity index (χ2v) is 38.3. The van der Waals surface area contributed by atoms with Gasteiger partial charge in [-0.2, -0.15) is 0 Å². The second kappa shape index (κ2) is 11.5. The van der Waals surface area contributed by atoms with Crippen molar-refractivity contribution in [3.05, 3.63) is 125 Å². The molecule has 248 valence electrons. The van der Waals surface area contributed by atoms with Gasteiger partial charge in [-0.25, -0.2) is 0 Å². The Balaban J connectivity index is 1.50. The van der Waals surface area contributed by atoms with Gasteiger partial charge in [0.25, 0.3) is 0 Å². The van der Waals surface area contributed by atoms with Crippen LogP contribution >= 0.6 is 0 Å². The van der Waals surface area contributed by atoms with E-state index in [2.05, 4.69) is 141 Å². The standard InChI is InChI=1S/C44H50Si.2CH3.Hf/c1-13-45(14-2,37-21-35-17-15-19-39(41(35)23-37)43-31(9)27(5)25(3)28(6)32(43)10)38-22-36-18-16-20-40(42(36)24-38)44-33(11)29(7)26(4)30(8)34(44)12;;;/h15-24H,13-14H2,1-12H3;2*1H3;. The molecule has 0 bridgehead atoms. The third-order valence-corrected chi connectivity index (χ3v) is 37.2. The fourth-order valence-electron chi connectivity index (χ4n) is 10.9. The van der Waals surface area contributed by atoms with Gasteiger partial charge in [0.2, 0.25) is 0 Å². The summed E-state index contributed by atoms with van der Waals surface area (Å²) in [5.74, 6) is 0. The SMILES string of the molecule is CC[Si]1(CC)C2=Cc3c(-c4c(C)c(C)c(C)c(C)c4C)cccc3[CH]2[Hf]([CH3])([CH3])[CH]2C1=Cc1c(-c3c(C)c(C)c(C)c(C)c3C)cccc12. The van der Waals surface area contributed by atoms with Gasteiger partial charge in [0.05, 0.1) is 0 Å². The van der Waals surface area contributed by atoms with Crippen molar-refractivity contribution in [1.82, 2.24) is 0 Å². The van der Waals surface area contributed by atoms with E-state index in [1.54, 1.807) is 22.3 Å². The van der Waals surface area contributed by atoms with Gasteiger partial charge in [-0.3, -0.25) is 0 Å². The van der Waals surface area contributed by atoms with Crippen molar-refractivity contribution >= 4 is 20.2 Å². The average molecular weight is 816 g/mol. The first-order chi connectivity index (χ1) is 22.6. The van der Waals surface area contributed by atoms with E-state index in [1.807, 2.05) is 10.4 Å². The Morgan fingerprint density at radius 3 is 1.10 bits per heavy atom. The van der Waals surface area contributed by atoms with Crippen LogP contribution in [0.4, 0.5) is 0 Å². The Kier molecular flexibility index (Phi) is 8.12.